The number of fused-ring (bicyclic) bond motifs is 1. The van der Waals surface area contributed by atoms with Crippen molar-refractivity contribution in [1.82, 2.24) is 0 Å². The van der Waals surface area contributed by atoms with E-state index in [1.807, 2.05) is 18.2 Å². The molecular formula is C21H23NO3S. The fraction of sp³-hybridized carbons (Fsp3) is 0.381. The molecule has 2 aromatic rings. The van der Waals surface area contributed by atoms with Gasteiger partial charge in [0.25, 0.3) is 0 Å². The van der Waals surface area contributed by atoms with Gasteiger partial charge >= 0.3 is 0 Å². The van der Waals surface area contributed by atoms with Gasteiger partial charge in [0.15, 0.2) is 17.3 Å². The number of methoxy groups -OCH3 is 2. The van der Waals surface area contributed by atoms with Crippen molar-refractivity contribution in [3.05, 3.63) is 51.4 Å². The molecule has 1 aromatic carbocycles. The Morgan fingerprint density at radius 1 is 1.15 bits per heavy atom. The fourth-order valence-corrected chi connectivity index (χ4v) is 4.94. The maximum absolute atomic E-state index is 13.1. The predicted molar refractivity (Wildman–Crippen MR) is 104 cm³/mol. The molecule has 0 saturated heterocycles. The Bertz CT molecular complexity index is 896. The molecule has 0 amide bonds. The molecule has 1 unspecified atom stereocenters. The summed E-state index contributed by atoms with van der Waals surface area (Å²) in [5, 5.41) is 5.60. The van der Waals surface area contributed by atoms with E-state index < -0.39 is 0 Å². The summed E-state index contributed by atoms with van der Waals surface area (Å²) in [5.41, 5.74) is 3.98. The van der Waals surface area contributed by atoms with Gasteiger partial charge in [-0.15, -0.1) is 11.3 Å². The average molecular weight is 369 g/mol. The number of hydrogen-bond donors (Lipinski definition) is 1. The fourth-order valence-electron chi connectivity index (χ4n) is 4.09. The van der Waals surface area contributed by atoms with Crippen LogP contribution in [0.1, 0.15) is 43.0 Å². The number of benzene rings is 1. The van der Waals surface area contributed by atoms with Crippen LogP contribution in [0.2, 0.25) is 0 Å². The van der Waals surface area contributed by atoms with Crippen LogP contribution in [-0.4, -0.2) is 20.0 Å². The molecule has 2 aliphatic rings. The third-order valence-electron chi connectivity index (χ3n) is 5.19. The van der Waals surface area contributed by atoms with Crippen LogP contribution in [0.5, 0.6) is 11.5 Å². The first-order chi connectivity index (χ1) is 12.4. The molecule has 5 heteroatoms. The van der Waals surface area contributed by atoms with E-state index in [1.165, 1.54) is 4.88 Å². The lowest BCUT2D eigenvalue weighted by Gasteiger charge is -2.39. The van der Waals surface area contributed by atoms with Crippen LogP contribution in [-0.2, 0) is 4.79 Å². The maximum atomic E-state index is 13.1. The van der Waals surface area contributed by atoms with E-state index in [2.05, 4.69) is 30.6 Å². The van der Waals surface area contributed by atoms with Gasteiger partial charge in [-0.05, 0) is 34.9 Å². The van der Waals surface area contributed by atoms with Crippen molar-refractivity contribution in [1.29, 1.82) is 0 Å². The number of allylic oxidation sites excluding steroid dienone is 2. The van der Waals surface area contributed by atoms with Crippen LogP contribution in [0.3, 0.4) is 0 Å². The van der Waals surface area contributed by atoms with Crippen molar-refractivity contribution >= 4 is 22.8 Å². The zero-order valence-corrected chi connectivity index (χ0v) is 16.3. The van der Waals surface area contributed by atoms with Gasteiger partial charge < -0.3 is 14.8 Å². The van der Waals surface area contributed by atoms with E-state index in [-0.39, 0.29) is 17.1 Å². The molecule has 1 aliphatic carbocycles. The van der Waals surface area contributed by atoms with Crippen molar-refractivity contribution in [3.63, 3.8) is 0 Å². The van der Waals surface area contributed by atoms with Crippen molar-refractivity contribution < 1.29 is 14.3 Å². The molecular weight excluding hydrogens is 346 g/mol. The molecule has 4 rings (SSSR count). The number of Topliss-reactive ketones (excluding diaryl/α,β-unsaturated/α-hetero) is 1. The molecule has 1 N–H and O–H groups in total. The largest absolute Gasteiger partial charge is 0.493 e. The summed E-state index contributed by atoms with van der Waals surface area (Å²) in [6.07, 6.45) is 1.45. The quantitative estimate of drug-likeness (QED) is 0.830. The number of hydrogen-bond acceptors (Lipinski definition) is 5. The van der Waals surface area contributed by atoms with Gasteiger partial charge in [0, 0.05) is 34.3 Å². The summed E-state index contributed by atoms with van der Waals surface area (Å²) in [4.78, 5) is 14.3. The Morgan fingerprint density at radius 2 is 1.88 bits per heavy atom. The lowest BCUT2D eigenvalue weighted by molar-refractivity contribution is -0.118. The molecule has 0 bridgehead atoms. The number of nitrogens with one attached hydrogen (secondary N) is 1. The van der Waals surface area contributed by atoms with Crippen LogP contribution < -0.4 is 14.8 Å². The van der Waals surface area contributed by atoms with Gasteiger partial charge in [0.1, 0.15) is 0 Å². The lowest BCUT2D eigenvalue weighted by Crippen LogP contribution is -2.33. The summed E-state index contributed by atoms with van der Waals surface area (Å²) in [7, 11) is 3.28. The normalized spacial score (nSPS) is 20.9. The second-order valence-corrected chi connectivity index (χ2v) is 8.68. The average Bonchev–Trinajstić information content (AvgIpc) is 3.11. The Morgan fingerprint density at radius 3 is 2.54 bits per heavy atom. The first-order valence-corrected chi connectivity index (χ1v) is 9.64. The maximum Gasteiger partial charge on any atom is 0.162 e. The molecule has 1 aliphatic heterocycles. The highest BCUT2D eigenvalue weighted by Crippen LogP contribution is 2.51. The number of carbonyl (C=O) groups is 1. The van der Waals surface area contributed by atoms with E-state index in [9.17, 15) is 4.79 Å². The third kappa shape index (κ3) is 2.71. The van der Waals surface area contributed by atoms with Crippen LogP contribution in [0, 0.1) is 5.41 Å². The SMILES string of the molecule is COc1cc2c(cc1OC)C(c1cccs1)C1=C(CC(C)(C)CC1=O)N2. The summed E-state index contributed by atoms with van der Waals surface area (Å²) < 4.78 is 11.0. The summed E-state index contributed by atoms with van der Waals surface area (Å²) in [6, 6.07) is 8.13. The van der Waals surface area contributed by atoms with Gasteiger partial charge in [-0.2, -0.15) is 0 Å². The van der Waals surface area contributed by atoms with Crippen LogP contribution >= 0.6 is 11.3 Å². The number of carbonyl (C=O) groups excluding carboxylic acids is 1. The van der Waals surface area contributed by atoms with Crippen LogP contribution in [0.25, 0.3) is 0 Å². The highest BCUT2D eigenvalue weighted by molar-refractivity contribution is 7.10. The molecule has 0 spiro atoms. The summed E-state index contributed by atoms with van der Waals surface area (Å²) in [6.45, 7) is 4.31. The number of ether oxygens (including phenoxy) is 2. The minimum atomic E-state index is -0.0512. The zero-order chi connectivity index (χ0) is 18.5. The lowest BCUT2D eigenvalue weighted by atomic mass is 9.70. The monoisotopic (exact) mass is 369 g/mol. The standard InChI is InChI=1S/C21H23NO3S/c1-21(2)10-14-20(15(23)11-21)19(18-6-5-7-26-18)12-8-16(24-3)17(25-4)9-13(12)22-14/h5-9,19,22H,10-11H2,1-4H3. The highest BCUT2D eigenvalue weighted by Gasteiger charge is 2.41. The molecule has 136 valence electrons. The van der Waals surface area contributed by atoms with E-state index in [1.54, 1.807) is 25.6 Å². The number of thiophene rings is 1. The first kappa shape index (κ1) is 17.2. The van der Waals surface area contributed by atoms with E-state index >= 15 is 0 Å². The number of ketones is 1. The number of rotatable bonds is 3. The molecule has 26 heavy (non-hydrogen) atoms. The molecule has 0 fully saturated rings. The van der Waals surface area contributed by atoms with E-state index in [0.717, 1.165) is 28.9 Å². The smallest absolute Gasteiger partial charge is 0.162 e. The first-order valence-electron chi connectivity index (χ1n) is 8.76. The minimum absolute atomic E-state index is 0.0308. The van der Waals surface area contributed by atoms with Gasteiger partial charge in [-0.1, -0.05) is 19.9 Å². The molecule has 1 atom stereocenters. The molecule has 1 aromatic heterocycles. The second kappa shape index (κ2) is 6.16. The second-order valence-electron chi connectivity index (χ2n) is 7.70. The molecule has 0 radical (unpaired) electrons. The third-order valence-corrected chi connectivity index (χ3v) is 6.13. The number of anilines is 1. The Labute approximate surface area is 157 Å². The van der Waals surface area contributed by atoms with Crippen molar-refractivity contribution in [2.45, 2.75) is 32.6 Å². The summed E-state index contributed by atoms with van der Waals surface area (Å²) in [5.74, 6) is 1.56. The van der Waals surface area contributed by atoms with Gasteiger partial charge in [-0.25, -0.2) is 0 Å². The van der Waals surface area contributed by atoms with Gasteiger partial charge in [-0.3, -0.25) is 4.79 Å². The topological polar surface area (TPSA) is 47.6 Å². The Balaban J connectivity index is 1.94. The van der Waals surface area contributed by atoms with Crippen molar-refractivity contribution in [2.75, 3.05) is 19.5 Å². The summed E-state index contributed by atoms with van der Waals surface area (Å²) >= 11 is 1.69. The van der Waals surface area contributed by atoms with Crippen LogP contribution in [0.4, 0.5) is 5.69 Å². The highest BCUT2D eigenvalue weighted by atomic mass is 32.1. The van der Waals surface area contributed by atoms with Crippen molar-refractivity contribution in [3.8, 4) is 11.5 Å². The molecule has 0 saturated carbocycles. The van der Waals surface area contributed by atoms with E-state index in [0.29, 0.717) is 17.9 Å². The van der Waals surface area contributed by atoms with Crippen molar-refractivity contribution in [2.24, 2.45) is 5.41 Å². The van der Waals surface area contributed by atoms with E-state index in [4.69, 9.17) is 9.47 Å². The van der Waals surface area contributed by atoms with Gasteiger partial charge in [0.2, 0.25) is 0 Å². The predicted octanol–water partition coefficient (Wildman–Crippen LogP) is 4.97. The Hall–Kier alpha value is -2.27. The zero-order valence-electron chi connectivity index (χ0n) is 15.5. The molecule has 4 nitrogen and oxygen atoms in total. The molecule has 2 heterocycles. The Kier molecular flexibility index (Phi) is 4.07. The van der Waals surface area contributed by atoms with Crippen LogP contribution in [0.15, 0.2) is 40.9 Å². The minimum Gasteiger partial charge on any atom is -0.493 e. The van der Waals surface area contributed by atoms with Gasteiger partial charge in [0.05, 0.1) is 20.1 Å².